The van der Waals surface area contributed by atoms with E-state index in [9.17, 15) is 0 Å². The van der Waals surface area contributed by atoms with E-state index in [0.717, 1.165) is 18.0 Å². The first-order valence-electron chi connectivity index (χ1n) is 6.74. The summed E-state index contributed by atoms with van der Waals surface area (Å²) in [7, 11) is 0. The van der Waals surface area contributed by atoms with Crippen LogP contribution < -0.4 is 0 Å². The van der Waals surface area contributed by atoms with Crippen molar-refractivity contribution in [3.63, 3.8) is 0 Å². The standard InChI is InChI=1S/C14H20N4/c1-10(2)17-8-4-5-12(17)14-15-13-7-6-11(3)9-18(13)16-14/h6-7,9-10,12H,4-5,8H2,1-3H3. The minimum atomic E-state index is 0.394. The lowest BCUT2D eigenvalue weighted by molar-refractivity contribution is 0.199. The lowest BCUT2D eigenvalue weighted by Crippen LogP contribution is -2.30. The van der Waals surface area contributed by atoms with Crippen LogP contribution >= 0.6 is 0 Å². The van der Waals surface area contributed by atoms with Crippen molar-refractivity contribution in [1.82, 2.24) is 19.5 Å². The molecule has 0 amide bonds. The zero-order valence-electron chi connectivity index (χ0n) is 11.3. The van der Waals surface area contributed by atoms with Crippen molar-refractivity contribution in [1.29, 1.82) is 0 Å². The molecule has 0 saturated carbocycles. The monoisotopic (exact) mass is 244 g/mol. The molecule has 1 aliphatic heterocycles. The fourth-order valence-electron chi connectivity index (χ4n) is 2.83. The van der Waals surface area contributed by atoms with E-state index in [1.807, 2.05) is 16.8 Å². The van der Waals surface area contributed by atoms with Crippen LogP contribution in [0.1, 0.15) is 44.1 Å². The van der Waals surface area contributed by atoms with Gasteiger partial charge in [0.1, 0.15) is 0 Å². The number of aryl methyl sites for hydroxylation is 1. The first kappa shape index (κ1) is 11.7. The van der Waals surface area contributed by atoms with Crippen molar-refractivity contribution >= 4 is 5.65 Å². The average molecular weight is 244 g/mol. The van der Waals surface area contributed by atoms with Gasteiger partial charge in [-0.3, -0.25) is 4.90 Å². The van der Waals surface area contributed by atoms with Crippen LogP contribution in [0.5, 0.6) is 0 Å². The molecule has 18 heavy (non-hydrogen) atoms. The zero-order chi connectivity index (χ0) is 12.7. The normalized spacial score (nSPS) is 21.2. The fraction of sp³-hybridized carbons (Fsp3) is 0.571. The first-order valence-corrected chi connectivity index (χ1v) is 6.74. The van der Waals surface area contributed by atoms with Gasteiger partial charge in [-0.25, -0.2) is 9.50 Å². The van der Waals surface area contributed by atoms with Gasteiger partial charge in [0.25, 0.3) is 0 Å². The van der Waals surface area contributed by atoms with Crippen molar-refractivity contribution in [3.05, 3.63) is 29.7 Å². The van der Waals surface area contributed by atoms with Crippen LogP contribution in [0.15, 0.2) is 18.3 Å². The summed E-state index contributed by atoms with van der Waals surface area (Å²) in [4.78, 5) is 7.18. The van der Waals surface area contributed by atoms with E-state index < -0.39 is 0 Å². The Morgan fingerprint density at radius 1 is 1.33 bits per heavy atom. The lowest BCUT2D eigenvalue weighted by Gasteiger charge is -2.25. The maximum Gasteiger partial charge on any atom is 0.168 e. The van der Waals surface area contributed by atoms with Crippen molar-refractivity contribution in [2.45, 2.75) is 45.7 Å². The summed E-state index contributed by atoms with van der Waals surface area (Å²) in [6, 6.07) is 5.08. The Labute approximate surface area is 108 Å². The van der Waals surface area contributed by atoms with Crippen LogP contribution in [0.2, 0.25) is 0 Å². The second-order valence-corrected chi connectivity index (χ2v) is 5.47. The van der Waals surface area contributed by atoms with Gasteiger partial charge in [-0.15, -0.1) is 5.10 Å². The highest BCUT2D eigenvalue weighted by Crippen LogP contribution is 2.31. The maximum atomic E-state index is 4.68. The molecule has 0 spiro atoms. The van der Waals surface area contributed by atoms with Crippen LogP contribution in [-0.2, 0) is 0 Å². The summed E-state index contributed by atoms with van der Waals surface area (Å²) in [5.74, 6) is 0.979. The highest BCUT2D eigenvalue weighted by Gasteiger charge is 2.30. The lowest BCUT2D eigenvalue weighted by atomic mass is 10.2. The molecule has 3 rings (SSSR count). The molecule has 1 unspecified atom stereocenters. The molecule has 0 radical (unpaired) electrons. The maximum absolute atomic E-state index is 4.68. The van der Waals surface area contributed by atoms with Crippen LogP contribution in [0.4, 0.5) is 0 Å². The summed E-state index contributed by atoms with van der Waals surface area (Å²) < 4.78 is 1.90. The number of fused-ring (bicyclic) bond motifs is 1. The van der Waals surface area contributed by atoms with Crippen molar-refractivity contribution in [3.8, 4) is 0 Å². The van der Waals surface area contributed by atoms with E-state index in [0.29, 0.717) is 12.1 Å². The molecule has 2 aromatic rings. The predicted octanol–water partition coefficient (Wildman–Crippen LogP) is 2.58. The molecule has 0 N–H and O–H groups in total. The summed E-state index contributed by atoms with van der Waals surface area (Å²) >= 11 is 0. The summed E-state index contributed by atoms with van der Waals surface area (Å²) in [6.45, 7) is 7.74. The third kappa shape index (κ3) is 1.90. The van der Waals surface area contributed by atoms with E-state index in [1.54, 1.807) is 0 Å². The van der Waals surface area contributed by atoms with Crippen molar-refractivity contribution in [2.24, 2.45) is 0 Å². The molecule has 4 nitrogen and oxygen atoms in total. The summed E-state index contributed by atoms with van der Waals surface area (Å²) in [6.07, 6.45) is 4.46. The first-order chi connectivity index (χ1) is 8.65. The molecule has 3 heterocycles. The molecule has 2 aromatic heterocycles. The summed E-state index contributed by atoms with van der Waals surface area (Å²) in [5, 5.41) is 4.65. The quantitative estimate of drug-likeness (QED) is 0.814. The molecule has 4 heteroatoms. The summed E-state index contributed by atoms with van der Waals surface area (Å²) in [5.41, 5.74) is 2.16. The molecular formula is C14H20N4. The Bertz CT molecular complexity index is 558. The molecule has 96 valence electrons. The van der Waals surface area contributed by atoms with Gasteiger partial charge in [0.15, 0.2) is 11.5 Å². The van der Waals surface area contributed by atoms with Crippen LogP contribution in [0.3, 0.4) is 0 Å². The van der Waals surface area contributed by atoms with Gasteiger partial charge in [0.2, 0.25) is 0 Å². The number of pyridine rings is 1. The Balaban J connectivity index is 1.98. The number of nitrogens with zero attached hydrogens (tertiary/aromatic N) is 4. The van der Waals surface area contributed by atoms with E-state index in [2.05, 4.69) is 41.8 Å². The molecule has 0 aromatic carbocycles. The Morgan fingerprint density at radius 2 is 2.17 bits per heavy atom. The van der Waals surface area contributed by atoms with E-state index in [-0.39, 0.29) is 0 Å². The second-order valence-electron chi connectivity index (χ2n) is 5.47. The second kappa shape index (κ2) is 4.35. The van der Waals surface area contributed by atoms with Gasteiger partial charge in [0, 0.05) is 12.2 Å². The minimum Gasteiger partial charge on any atom is -0.291 e. The van der Waals surface area contributed by atoms with Gasteiger partial charge >= 0.3 is 0 Å². The Morgan fingerprint density at radius 3 is 2.94 bits per heavy atom. The molecule has 1 aliphatic rings. The van der Waals surface area contributed by atoms with Gasteiger partial charge in [0.05, 0.1) is 6.04 Å². The highest BCUT2D eigenvalue weighted by molar-refractivity contribution is 5.38. The smallest absolute Gasteiger partial charge is 0.168 e. The SMILES string of the molecule is Cc1ccc2nc(C3CCCN3C(C)C)nn2c1. The number of likely N-dealkylation sites (tertiary alicyclic amines) is 1. The topological polar surface area (TPSA) is 33.4 Å². The molecule has 1 saturated heterocycles. The molecule has 1 atom stereocenters. The van der Waals surface area contributed by atoms with E-state index in [4.69, 9.17) is 0 Å². The largest absolute Gasteiger partial charge is 0.291 e. The number of rotatable bonds is 2. The van der Waals surface area contributed by atoms with E-state index >= 15 is 0 Å². The van der Waals surface area contributed by atoms with Crippen molar-refractivity contribution < 1.29 is 0 Å². The number of hydrogen-bond acceptors (Lipinski definition) is 3. The van der Waals surface area contributed by atoms with Gasteiger partial charge in [-0.2, -0.15) is 0 Å². The third-order valence-corrected chi connectivity index (χ3v) is 3.75. The van der Waals surface area contributed by atoms with Crippen molar-refractivity contribution in [2.75, 3.05) is 6.54 Å². The molecule has 0 bridgehead atoms. The number of aromatic nitrogens is 3. The number of hydrogen-bond donors (Lipinski definition) is 0. The molecular weight excluding hydrogens is 224 g/mol. The fourth-order valence-corrected chi connectivity index (χ4v) is 2.83. The third-order valence-electron chi connectivity index (χ3n) is 3.75. The van der Waals surface area contributed by atoms with Gasteiger partial charge in [-0.1, -0.05) is 6.07 Å². The highest BCUT2D eigenvalue weighted by atomic mass is 15.3. The van der Waals surface area contributed by atoms with Crippen LogP contribution in [-0.4, -0.2) is 32.1 Å². The molecule has 1 fully saturated rings. The minimum absolute atomic E-state index is 0.394. The molecule has 0 aliphatic carbocycles. The van der Waals surface area contributed by atoms with Gasteiger partial charge < -0.3 is 0 Å². The zero-order valence-corrected chi connectivity index (χ0v) is 11.3. The Hall–Kier alpha value is -1.42. The average Bonchev–Trinajstić information content (AvgIpc) is 2.93. The Kier molecular flexibility index (Phi) is 2.82. The van der Waals surface area contributed by atoms with Gasteiger partial charge in [-0.05, 0) is 51.8 Å². The predicted molar refractivity (Wildman–Crippen MR) is 71.5 cm³/mol. The van der Waals surface area contributed by atoms with Crippen LogP contribution in [0.25, 0.3) is 5.65 Å². The van der Waals surface area contributed by atoms with Crippen LogP contribution in [0, 0.1) is 6.92 Å². The van der Waals surface area contributed by atoms with E-state index in [1.165, 1.54) is 18.4 Å².